The van der Waals surface area contributed by atoms with E-state index in [4.69, 9.17) is 0 Å². The minimum atomic E-state index is 0.0474. The van der Waals surface area contributed by atoms with E-state index in [0.717, 1.165) is 38.8 Å². The van der Waals surface area contributed by atoms with Crippen molar-refractivity contribution in [2.75, 3.05) is 0 Å². The number of hydrogen-bond donors (Lipinski definition) is 0. The van der Waals surface area contributed by atoms with Crippen LogP contribution in [0.1, 0.15) is 155 Å². The zero-order chi connectivity index (χ0) is 52.3. The molecule has 386 valence electrons. The highest BCUT2D eigenvalue weighted by Gasteiger charge is 2.42. The number of unbranched alkanes of at least 4 members (excludes halogenated alkanes) is 2. The monoisotopic (exact) mass is 997 g/mol. The fourth-order valence-electron chi connectivity index (χ4n) is 15.0. The minimum absolute atomic E-state index is 0.0474. The molecule has 2 nitrogen and oxygen atoms in total. The highest BCUT2D eigenvalue weighted by atomic mass is 15.0. The average molecular weight is 997 g/mol. The first kappa shape index (κ1) is 50.2. The van der Waals surface area contributed by atoms with Crippen LogP contribution in [0.15, 0.2) is 158 Å². The molecule has 2 aliphatic carbocycles. The lowest BCUT2D eigenvalue weighted by Crippen LogP contribution is -2.23. The molecule has 0 radical (unpaired) electrons. The van der Waals surface area contributed by atoms with E-state index >= 15 is 0 Å². The van der Waals surface area contributed by atoms with Crippen LogP contribution in [0.25, 0.3) is 99.2 Å². The van der Waals surface area contributed by atoms with E-state index in [2.05, 4.69) is 222 Å². The summed E-state index contributed by atoms with van der Waals surface area (Å²) >= 11 is 0. The highest BCUT2D eigenvalue weighted by molar-refractivity contribution is 6.12. The number of aromatic nitrogens is 2. The highest BCUT2D eigenvalue weighted by Crippen LogP contribution is 2.55. The molecule has 0 N–H and O–H groups in total. The van der Waals surface area contributed by atoms with Crippen molar-refractivity contribution in [1.82, 2.24) is 9.13 Å². The van der Waals surface area contributed by atoms with Gasteiger partial charge in [0.05, 0.1) is 0 Å². The minimum Gasteiger partial charge on any atom is -0.340 e. The smallest absolute Gasteiger partial charge is 0.0497 e. The van der Waals surface area contributed by atoms with Gasteiger partial charge >= 0.3 is 0 Å². The van der Waals surface area contributed by atoms with Crippen LogP contribution >= 0.6 is 0 Å². The van der Waals surface area contributed by atoms with Gasteiger partial charge in [0.1, 0.15) is 0 Å². The van der Waals surface area contributed by atoms with Gasteiger partial charge in [0, 0.05) is 67.5 Å². The first-order valence-corrected chi connectivity index (χ1v) is 29.9. The third-order valence-electron chi connectivity index (χ3n) is 19.7. The molecule has 0 saturated carbocycles. The predicted molar refractivity (Wildman–Crippen MR) is 329 cm³/mol. The first-order valence-electron chi connectivity index (χ1n) is 29.9. The summed E-state index contributed by atoms with van der Waals surface area (Å²) in [5.74, 6) is 1.26. The van der Waals surface area contributed by atoms with Crippen LogP contribution in [0.5, 0.6) is 0 Å². The Balaban J connectivity index is 0.970. The molecule has 2 atom stereocenters. The topological polar surface area (TPSA) is 9.86 Å². The van der Waals surface area contributed by atoms with Crippen molar-refractivity contribution in [3.8, 4) is 55.6 Å². The summed E-state index contributed by atoms with van der Waals surface area (Å²) in [4.78, 5) is 0. The van der Waals surface area contributed by atoms with Gasteiger partial charge in [0.15, 0.2) is 0 Å². The summed E-state index contributed by atoms with van der Waals surface area (Å²) in [5, 5.41) is 5.41. The summed E-state index contributed by atoms with van der Waals surface area (Å²) < 4.78 is 5.38. The molecule has 76 heavy (non-hydrogen) atoms. The van der Waals surface area contributed by atoms with Crippen molar-refractivity contribution in [3.05, 3.63) is 180 Å². The van der Waals surface area contributed by atoms with E-state index in [1.165, 1.54) is 173 Å². The number of benzene rings is 8. The van der Waals surface area contributed by atoms with Gasteiger partial charge in [-0.3, -0.25) is 0 Å². The molecule has 2 unspecified atom stereocenters. The quantitative estimate of drug-likeness (QED) is 0.0764. The van der Waals surface area contributed by atoms with Crippen LogP contribution < -0.4 is 0 Å². The van der Waals surface area contributed by atoms with Crippen molar-refractivity contribution in [2.24, 2.45) is 11.8 Å². The molecule has 0 fully saturated rings. The Kier molecular flexibility index (Phi) is 13.5. The molecule has 2 aliphatic rings. The maximum absolute atomic E-state index is 2.69. The molecule has 2 aromatic heterocycles. The third-order valence-corrected chi connectivity index (χ3v) is 19.7. The van der Waals surface area contributed by atoms with E-state index in [9.17, 15) is 0 Å². The van der Waals surface area contributed by atoms with Crippen LogP contribution in [0, 0.1) is 11.8 Å². The largest absolute Gasteiger partial charge is 0.340 e. The van der Waals surface area contributed by atoms with Crippen molar-refractivity contribution >= 4 is 43.6 Å². The van der Waals surface area contributed by atoms with Crippen molar-refractivity contribution in [3.63, 3.8) is 0 Å². The van der Waals surface area contributed by atoms with Gasteiger partial charge in [-0.25, -0.2) is 0 Å². The Morgan fingerprint density at radius 2 is 0.684 bits per heavy atom. The molecule has 12 rings (SSSR count). The summed E-state index contributed by atoms with van der Waals surface area (Å²) in [6.45, 7) is 21.0. The number of hydrogen-bond acceptors (Lipinski definition) is 0. The maximum atomic E-state index is 2.69. The lowest BCUT2D eigenvalue weighted by atomic mass is 9.73. The molecule has 0 aliphatic heterocycles. The fraction of sp³-hybridized carbons (Fsp3) is 0.351. The van der Waals surface area contributed by atoms with Gasteiger partial charge in [0.25, 0.3) is 0 Å². The van der Waals surface area contributed by atoms with Crippen LogP contribution in [-0.2, 0) is 23.9 Å². The normalized spacial score (nSPS) is 14.9. The Hall–Kier alpha value is -6.64. The molecular formula is C74H80N2. The average Bonchev–Trinajstić information content (AvgIpc) is 4.16. The molecular weight excluding hydrogens is 917 g/mol. The molecule has 10 aromatic rings. The van der Waals surface area contributed by atoms with Gasteiger partial charge < -0.3 is 9.13 Å². The van der Waals surface area contributed by atoms with Crippen molar-refractivity contribution in [2.45, 2.75) is 156 Å². The summed E-state index contributed by atoms with van der Waals surface area (Å²) in [7, 11) is 0. The number of nitrogens with zero attached hydrogens (tertiary/aromatic N) is 2. The number of rotatable bonds is 19. The Bertz CT molecular complexity index is 3540. The van der Waals surface area contributed by atoms with Crippen LogP contribution in [0.4, 0.5) is 0 Å². The second-order valence-corrected chi connectivity index (χ2v) is 23.2. The van der Waals surface area contributed by atoms with Gasteiger partial charge in [-0.1, -0.05) is 203 Å². The van der Waals surface area contributed by atoms with Gasteiger partial charge in [0.2, 0.25) is 0 Å². The van der Waals surface area contributed by atoms with Gasteiger partial charge in [-0.15, -0.1) is 0 Å². The summed E-state index contributed by atoms with van der Waals surface area (Å²) in [5.41, 5.74) is 24.9. The Morgan fingerprint density at radius 3 is 1.08 bits per heavy atom. The third kappa shape index (κ3) is 7.93. The van der Waals surface area contributed by atoms with Crippen LogP contribution in [0.3, 0.4) is 0 Å². The summed E-state index contributed by atoms with van der Waals surface area (Å²) in [6.07, 6.45) is 14.3. The second kappa shape index (κ2) is 20.4. The lowest BCUT2D eigenvalue weighted by molar-refractivity contribution is 0.401. The molecule has 0 bridgehead atoms. The van der Waals surface area contributed by atoms with E-state index < -0.39 is 0 Å². The van der Waals surface area contributed by atoms with Crippen LogP contribution in [0.2, 0.25) is 0 Å². The van der Waals surface area contributed by atoms with Crippen LogP contribution in [-0.4, -0.2) is 9.13 Å². The maximum Gasteiger partial charge on any atom is 0.0497 e. The Morgan fingerprint density at radius 1 is 0.329 bits per heavy atom. The number of fused-ring (bicyclic) bond motifs is 12. The molecule has 0 amide bonds. The standard InChI is InChI=1S/C74H80N2/c1-9-17-23-49(11-3)47-75-69-39-33-51(41-63(69)61-37-31-55(45-71(61)75)53-29-35-59-57-25-19-21-27-65(57)73(13-5,14-6)67(59)43-53)52-34-40-70-64(42-52)62-38-32-56(46-72(62)76(70)48-50(12-4)24-18-10-2)54-30-36-60-58-26-20-22-28-66(58)74(15-7,16-8)68(60)44-54/h19-22,25-46,49-50H,9-18,23-24,47-48H2,1-8H3. The zero-order valence-electron chi connectivity index (χ0n) is 47.0. The second-order valence-electron chi connectivity index (χ2n) is 23.2. The van der Waals surface area contributed by atoms with E-state index in [1.807, 2.05) is 0 Å². The lowest BCUT2D eigenvalue weighted by Gasteiger charge is -2.30. The van der Waals surface area contributed by atoms with Gasteiger partial charge in [-0.2, -0.15) is 0 Å². The van der Waals surface area contributed by atoms with E-state index in [0.29, 0.717) is 11.8 Å². The van der Waals surface area contributed by atoms with Crippen molar-refractivity contribution in [1.29, 1.82) is 0 Å². The van der Waals surface area contributed by atoms with Gasteiger partial charge in [-0.05, 0) is 177 Å². The molecule has 0 saturated heterocycles. The van der Waals surface area contributed by atoms with E-state index in [-0.39, 0.29) is 10.8 Å². The predicted octanol–water partition coefficient (Wildman–Crippen LogP) is 21.5. The SMILES string of the molecule is CCCCC(CC)Cn1c2ccc(-c3ccc4c(c3)c3ccc(-c5ccc6c(c5)C(CC)(CC)c5ccccc5-6)cc3n4CC(CC)CCCC)cc2c2ccc(-c3ccc4c(c3)C(CC)(CC)c3ccccc3-4)cc21. The van der Waals surface area contributed by atoms with E-state index in [1.54, 1.807) is 0 Å². The molecule has 0 spiro atoms. The zero-order valence-corrected chi connectivity index (χ0v) is 47.0. The summed E-state index contributed by atoms with van der Waals surface area (Å²) in [6, 6.07) is 62.5. The Labute approximate surface area is 454 Å². The fourth-order valence-corrected chi connectivity index (χ4v) is 15.0. The molecule has 2 heterocycles. The molecule has 2 heteroatoms. The first-order chi connectivity index (χ1) is 37.3. The van der Waals surface area contributed by atoms with Crippen molar-refractivity contribution < 1.29 is 0 Å². The molecule has 8 aromatic carbocycles.